The molecule has 0 aliphatic heterocycles. The first-order chi connectivity index (χ1) is 9.93. The van der Waals surface area contributed by atoms with Gasteiger partial charge in [-0.1, -0.05) is 12.1 Å². The van der Waals surface area contributed by atoms with Gasteiger partial charge in [-0.25, -0.2) is 8.42 Å². The van der Waals surface area contributed by atoms with Gasteiger partial charge in [-0.3, -0.25) is 4.79 Å². The highest BCUT2D eigenvalue weighted by atomic mass is 32.2. The largest absolute Gasteiger partial charge is 0.383 e. The highest BCUT2D eigenvalue weighted by Gasteiger charge is 2.24. The number of nitrogens with zero attached hydrogens (tertiary/aromatic N) is 1. The molecule has 0 saturated carbocycles. The Balaban J connectivity index is 3.08. The van der Waals surface area contributed by atoms with E-state index in [1.807, 2.05) is 0 Å². The lowest BCUT2D eigenvalue weighted by molar-refractivity contribution is 0.101. The van der Waals surface area contributed by atoms with E-state index < -0.39 is 10.0 Å². The third-order valence-corrected chi connectivity index (χ3v) is 4.86. The average molecular weight is 315 g/mol. The summed E-state index contributed by atoms with van der Waals surface area (Å²) >= 11 is 0. The van der Waals surface area contributed by atoms with Gasteiger partial charge in [0.25, 0.3) is 0 Å². The second kappa shape index (κ2) is 8.23. The number of benzene rings is 1. The minimum atomic E-state index is -3.68. The van der Waals surface area contributed by atoms with Gasteiger partial charge in [-0.15, -0.1) is 0 Å². The molecule has 1 aromatic carbocycles. The number of carbonyl (C=O) groups is 1. The van der Waals surface area contributed by atoms with Gasteiger partial charge < -0.3 is 9.47 Å². The Labute approximate surface area is 125 Å². The molecular weight excluding hydrogens is 294 g/mol. The van der Waals surface area contributed by atoms with Crippen molar-refractivity contribution in [3.63, 3.8) is 0 Å². The van der Waals surface area contributed by atoms with Crippen molar-refractivity contribution in [3.8, 4) is 0 Å². The van der Waals surface area contributed by atoms with E-state index in [0.717, 1.165) is 0 Å². The van der Waals surface area contributed by atoms with Crippen LogP contribution in [0.3, 0.4) is 0 Å². The highest BCUT2D eigenvalue weighted by molar-refractivity contribution is 7.89. The summed E-state index contributed by atoms with van der Waals surface area (Å²) in [5.74, 6) is -0.174. The molecule has 0 aliphatic carbocycles. The number of methoxy groups -OCH3 is 2. The van der Waals surface area contributed by atoms with E-state index in [1.165, 1.54) is 37.6 Å². The average Bonchev–Trinajstić information content (AvgIpc) is 2.47. The molecule has 7 heteroatoms. The lowest BCUT2D eigenvalue weighted by Gasteiger charge is -2.21. The zero-order valence-corrected chi connectivity index (χ0v) is 13.4. The van der Waals surface area contributed by atoms with E-state index in [9.17, 15) is 13.2 Å². The van der Waals surface area contributed by atoms with Gasteiger partial charge in [0, 0.05) is 32.9 Å². The molecule has 0 aromatic heterocycles. The van der Waals surface area contributed by atoms with Crippen LogP contribution in [0.25, 0.3) is 0 Å². The number of ether oxygens (including phenoxy) is 2. The molecular formula is C14H21NO5S. The summed E-state index contributed by atoms with van der Waals surface area (Å²) in [6.07, 6.45) is 0. The number of Topliss-reactive ketones (excluding diaryl/α,β-unsaturated/α-hetero) is 1. The Morgan fingerprint density at radius 2 is 1.71 bits per heavy atom. The Bertz CT molecular complexity index is 562. The molecule has 0 spiro atoms. The summed E-state index contributed by atoms with van der Waals surface area (Å²) in [6.45, 7) is 2.43. The summed E-state index contributed by atoms with van der Waals surface area (Å²) in [7, 11) is -0.658. The van der Waals surface area contributed by atoms with Crippen molar-refractivity contribution in [3.05, 3.63) is 29.8 Å². The summed E-state index contributed by atoms with van der Waals surface area (Å²) in [6, 6.07) is 6.03. The summed E-state index contributed by atoms with van der Waals surface area (Å²) < 4.78 is 36.4. The van der Waals surface area contributed by atoms with Gasteiger partial charge in [-0.05, 0) is 19.1 Å². The van der Waals surface area contributed by atoms with E-state index in [2.05, 4.69) is 0 Å². The molecule has 0 saturated heterocycles. The molecule has 0 bridgehead atoms. The van der Waals surface area contributed by atoms with E-state index in [-0.39, 0.29) is 37.0 Å². The standard InChI is InChI=1S/C14H21NO5S/c1-12(16)13-5-4-6-14(11-13)21(17,18)15(7-9-19-2)8-10-20-3/h4-6,11H,7-10H2,1-3H3. The third-order valence-electron chi connectivity index (χ3n) is 2.97. The number of hydrogen-bond acceptors (Lipinski definition) is 5. The first kappa shape index (κ1) is 17.8. The van der Waals surface area contributed by atoms with Crippen LogP contribution in [-0.2, 0) is 19.5 Å². The van der Waals surface area contributed by atoms with Crippen molar-refractivity contribution in [1.29, 1.82) is 0 Å². The molecule has 1 aromatic rings. The maximum Gasteiger partial charge on any atom is 0.243 e. The molecule has 0 N–H and O–H groups in total. The monoisotopic (exact) mass is 315 g/mol. The minimum Gasteiger partial charge on any atom is -0.383 e. The first-order valence-electron chi connectivity index (χ1n) is 6.52. The third kappa shape index (κ3) is 4.89. The van der Waals surface area contributed by atoms with E-state index in [4.69, 9.17) is 9.47 Å². The first-order valence-corrected chi connectivity index (χ1v) is 7.96. The highest BCUT2D eigenvalue weighted by Crippen LogP contribution is 2.17. The minimum absolute atomic E-state index is 0.0995. The fourth-order valence-corrected chi connectivity index (χ4v) is 3.22. The van der Waals surface area contributed by atoms with Gasteiger partial charge in [0.15, 0.2) is 5.78 Å². The quantitative estimate of drug-likeness (QED) is 0.640. The van der Waals surface area contributed by atoms with Crippen LogP contribution in [0.1, 0.15) is 17.3 Å². The van der Waals surface area contributed by atoms with Crippen LogP contribution in [0, 0.1) is 0 Å². The molecule has 6 nitrogen and oxygen atoms in total. The predicted octanol–water partition coefficient (Wildman–Crippen LogP) is 1.17. The van der Waals surface area contributed by atoms with Crippen molar-refractivity contribution < 1.29 is 22.7 Å². The normalized spacial score (nSPS) is 11.8. The van der Waals surface area contributed by atoms with Crippen molar-refractivity contribution >= 4 is 15.8 Å². The lowest BCUT2D eigenvalue weighted by Crippen LogP contribution is -2.36. The van der Waals surface area contributed by atoms with Crippen molar-refractivity contribution in [2.45, 2.75) is 11.8 Å². The smallest absolute Gasteiger partial charge is 0.243 e. The summed E-state index contributed by atoms with van der Waals surface area (Å²) in [5, 5.41) is 0. The summed E-state index contributed by atoms with van der Waals surface area (Å²) in [4.78, 5) is 11.5. The van der Waals surface area contributed by atoms with Gasteiger partial charge in [-0.2, -0.15) is 4.31 Å². The SMILES string of the molecule is COCCN(CCOC)S(=O)(=O)c1cccc(C(C)=O)c1. The molecule has 0 atom stereocenters. The van der Waals surface area contributed by atoms with Crippen molar-refractivity contribution in [2.24, 2.45) is 0 Å². The molecule has 118 valence electrons. The number of carbonyl (C=O) groups excluding carboxylic acids is 1. The van der Waals surface area contributed by atoms with Crippen LogP contribution < -0.4 is 0 Å². The van der Waals surface area contributed by atoms with E-state index >= 15 is 0 Å². The predicted molar refractivity (Wildman–Crippen MR) is 79.0 cm³/mol. The summed E-state index contributed by atoms with van der Waals surface area (Å²) in [5.41, 5.74) is 0.370. The van der Waals surface area contributed by atoms with E-state index in [1.54, 1.807) is 12.1 Å². The second-order valence-electron chi connectivity index (χ2n) is 4.47. The number of sulfonamides is 1. The zero-order chi connectivity index (χ0) is 15.9. The Kier molecular flexibility index (Phi) is 6.97. The van der Waals surface area contributed by atoms with Crippen LogP contribution in [0.2, 0.25) is 0 Å². The number of rotatable bonds is 9. The maximum absolute atomic E-state index is 12.6. The van der Waals surface area contributed by atoms with Crippen LogP contribution >= 0.6 is 0 Å². The van der Waals surface area contributed by atoms with Crippen LogP contribution in [0.15, 0.2) is 29.2 Å². The molecule has 0 radical (unpaired) electrons. The molecule has 0 fully saturated rings. The molecule has 1 rings (SSSR count). The fourth-order valence-electron chi connectivity index (χ4n) is 1.76. The van der Waals surface area contributed by atoms with Gasteiger partial charge >= 0.3 is 0 Å². The van der Waals surface area contributed by atoms with Gasteiger partial charge in [0.05, 0.1) is 18.1 Å². The number of hydrogen-bond donors (Lipinski definition) is 0. The molecule has 0 aliphatic rings. The van der Waals surface area contributed by atoms with E-state index in [0.29, 0.717) is 5.56 Å². The molecule has 0 heterocycles. The van der Waals surface area contributed by atoms with Crippen LogP contribution in [-0.4, -0.2) is 59.0 Å². The van der Waals surface area contributed by atoms with Gasteiger partial charge in [0.1, 0.15) is 0 Å². The fraction of sp³-hybridized carbons (Fsp3) is 0.500. The zero-order valence-electron chi connectivity index (χ0n) is 12.5. The Morgan fingerprint density at radius 3 is 2.19 bits per heavy atom. The maximum atomic E-state index is 12.6. The van der Waals surface area contributed by atoms with Crippen LogP contribution in [0.4, 0.5) is 0 Å². The lowest BCUT2D eigenvalue weighted by atomic mass is 10.2. The second-order valence-corrected chi connectivity index (χ2v) is 6.41. The van der Waals surface area contributed by atoms with Gasteiger partial charge in [0.2, 0.25) is 10.0 Å². The Morgan fingerprint density at radius 1 is 1.14 bits per heavy atom. The molecule has 0 amide bonds. The molecule has 21 heavy (non-hydrogen) atoms. The topological polar surface area (TPSA) is 72.9 Å². The molecule has 0 unspecified atom stereocenters. The van der Waals surface area contributed by atoms with Crippen LogP contribution in [0.5, 0.6) is 0 Å². The number of ketones is 1. The Hall–Kier alpha value is -1.28. The van der Waals surface area contributed by atoms with Crippen molar-refractivity contribution in [2.75, 3.05) is 40.5 Å². The van der Waals surface area contributed by atoms with Crippen molar-refractivity contribution in [1.82, 2.24) is 4.31 Å².